The van der Waals surface area contributed by atoms with Gasteiger partial charge in [0.05, 0.1) is 0 Å². The van der Waals surface area contributed by atoms with Crippen molar-refractivity contribution < 1.29 is 19.1 Å². The van der Waals surface area contributed by atoms with Gasteiger partial charge in [-0.2, -0.15) is 0 Å². The Bertz CT molecular complexity index is 600. The smallest absolute Gasteiger partial charge is 0.350 e. The van der Waals surface area contributed by atoms with E-state index in [1.807, 2.05) is 0 Å². The van der Waals surface area contributed by atoms with E-state index < -0.39 is 11.6 Å². The van der Waals surface area contributed by atoms with Gasteiger partial charge in [-0.25, -0.2) is 4.79 Å². The van der Waals surface area contributed by atoms with Crippen molar-refractivity contribution >= 4 is 23.5 Å². The number of ether oxygens (including phenoxy) is 2. The molecule has 0 spiro atoms. The number of esters is 1. The van der Waals surface area contributed by atoms with E-state index in [0.717, 1.165) is 19.3 Å². The monoisotopic (exact) mass is 367 g/mol. The predicted octanol–water partition coefficient (Wildman–Crippen LogP) is 3.74. The van der Waals surface area contributed by atoms with Crippen molar-refractivity contribution in [3.8, 4) is 5.75 Å². The molecule has 1 aromatic rings. The van der Waals surface area contributed by atoms with Gasteiger partial charge in [-0.3, -0.25) is 4.79 Å². The van der Waals surface area contributed by atoms with Crippen LogP contribution in [0.15, 0.2) is 24.3 Å². The number of nitrogens with one attached hydrogen (secondary N) is 1. The third-order valence-electron chi connectivity index (χ3n) is 4.47. The van der Waals surface area contributed by atoms with E-state index in [4.69, 9.17) is 21.1 Å². The molecule has 1 amide bonds. The van der Waals surface area contributed by atoms with E-state index in [1.54, 1.807) is 38.1 Å². The number of benzene rings is 1. The first kappa shape index (κ1) is 19.6. The van der Waals surface area contributed by atoms with Crippen molar-refractivity contribution in [2.24, 2.45) is 5.92 Å². The number of rotatable bonds is 6. The van der Waals surface area contributed by atoms with Gasteiger partial charge in [0.15, 0.2) is 12.2 Å². The first-order valence-corrected chi connectivity index (χ1v) is 9.07. The molecular formula is C19H26ClNO4. The topological polar surface area (TPSA) is 64.6 Å². The molecule has 2 atom stereocenters. The van der Waals surface area contributed by atoms with Crippen molar-refractivity contribution in [3.05, 3.63) is 29.3 Å². The quantitative estimate of drug-likeness (QED) is 0.778. The fraction of sp³-hybridized carbons (Fsp3) is 0.579. The Balaban J connectivity index is 1.81. The summed E-state index contributed by atoms with van der Waals surface area (Å²) >= 11 is 5.83. The van der Waals surface area contributed by atoms with Crippen molar-refractivity contribution in [3.63, 3.8) is 0 Å². The summed E-state index contributed by atoms with van der Waals surface area (Å²) < 4.78 is 10.8. The standard InChI is InChI=1S/C19H26ClNO4/c1-13-6-4-5-7-16(13)21-17(22)12-24-18(23)19(2,3)25-15-10-8-14(20)9-11-15/h8-11,13,16H,4-7,12H2,1-3H3,(H,21,22)/t13-,16+/m0/s1. The molecule has 0 aliphatic heterocycles. The number of carbonyl (C=O) groups excluding carboxylic acids is 2. The number of amides is 1. The molecule has 2 rings (SSSR count). The van der Waals surface area contributed by atoms with Crippen LogP contribution in [0.2, 0.25) is 5.02 Å². The lowest BCUT2D eigenvalue weighted by Gasteiger charge is -2.29. The maximum absolute atomic E-state index is 12.2. The second kappa shape index (κ2) is 8.56. The average Bonchev–Trinajstić information content (AvgIpc) is 2.56. The van der Waals surface area contributed by atoms with Gasteiger partial charge in [-0.15, -0.1) is 0 Å². The number of hydrogen-bond donors (Lipinski definition) is 1. The molecule has 0 heterocycles. The first-order chi connectivity index (χ1) is 11.8. The second-order valence-corrected chi connectivity index (χ2v) is 7.51. The van der Waals surface area contributed by atoms with Gasteiger partial charge < -0.3 is 14.8 Å². The third kappa shape index (κ3) is 5.92. The van der Waals surface area contributed by atoms with Gasteiger partial charge in [0.25, 0.3) is 5.91 Å². The maximum atomic E-state index is 12.2. The normalized spacial score (nSPS) is 20.6. The zero-order chi connectivity index (χ0) is 18.4. The molecule has 6 heteroatoms. The molecule has 0 radical (unpaired) electrons. The van der Waals surface area contributed by atoms with Gasteiger partial charge in [-0.1, -0.05) is 31.4 Å². The molecule has 1 saturated carbocycles. The summed E-state index contributed by atoms with van der Waals surface area (Å²) in [4.78, 5) is 24.3. The van der Waals surface area contributed by atoms with Crippen molar-refractivity contribution in [1.29, 1.82) is 0 Å². The predicted molar refractivity (Wildman–Crippen MR) is 96.7 cm³/mol. The highest BCUT2D eigenvalue weighted by atomic mass is 35.5. The van der Waals surface area contributed by atoms with Crippen LogP contribution in [0.25, 0.3) is 0 Å². The lowest BCUT2D eigenvalue weighted by Crippen LogP contribution is -2.45. The molecular weight excluding hydrogens is 342 g/mol. The fourth-order valence-electron chi connectivity index (χ4n) is 2.92. The van der Waals surface area contributed by atoms with E-state index in [-0.39, 0.29) is 18.6 Å². The Labute approximate surface area is 154 Å². The first-order valence-electron chi connectivity index (χ1n) is 8.69. The molecule has 0 aromatic heterocycles. The molecule has 0 saturated heterocycles. The van der Waals surface area contributed by atoms with Crippen LogP contribution in [0, 0.1) is 5.92 Å². The highest BCUT2D eigenvalue weighted by molar-refractivity contribution is 6.30. The molecule has 1 aromatic carbocycles. The molecule has 1 N–H and O–H groups in total. The molecule has 138 valence electrons. The Kier molecular flexibility index (Phi) is 6.71. The van der Waals surface area contributed by atoms with Crippen LogP contribution < -0.4 is 10.1 Å². The molecule has 1 fully saturated rings. The van der Waals surface area contributed by atoms with Gasteiger partial charge in [0.1, 0.15) is 5.75 Å². The molecule has 5 nitrogen and oxygen atoms in total. The van der Waals surface area contributed by atoms with Crippen LogP contribution in [0.1, 0.15) is 46.5 Å². The van der Waals surface area contributed by atoms with Crippen LogP contribution in [0.3, 0.4) is 0 Å². The Morgan fingerprint density at radius 1 is 1.20 bits per heavy atom. The summed E-state index contributed by atoms with van der Waals surface area (Å²) in [5.74, 6) is 0.105. The largest absolute Gasteiger partial charge is 0.476 e. The average molecular weight is 368 g/mol. The summed E-state index contributed by atoms with van der Waals surface area (Å²) in [6.07, 6.45) is 4.43. The van der Waals surface area contributed by atoms with Crippen molar-refractivity contribution in [2.75, 3.05) is 6.61 Å². The minimum atomic E-state index is -1.20. The molecule has 0 bridgehead atoms. The number of halogens is 1. The van der Waals surface area contributed by atoms with Gasteiger partial charge >= 0.3 is 5.97 Å². The highest BCUT2D eigenvalue weighted by Crippen LogP contribution is 2.24. The summed E-state index contributed by atoms with van der Waals surface area (Å²) in [6.45, 7) is 5.05. The van der Waals surface area contributed by atoms with Gasteiger partial charge in [0.2, 0.25) is 0 Å². The Morgan fingerprint density at radius 3 is 2.48 bits per heavy atom. The molecule has 1 aliphatic rings. The summed E-state index contributed by atoms with van der Waals surface area (Å²) in [7, 11) is 0. The van der Waals surface area contributed by atoms with E-state index in [0.29, 0.717) is 16.7 Å². The SMILES string of the molecule is C[C@H]1CCCC[C@H]1NC(=O)COC(=O)C(C)(C)Oc1ccc(Cl)cc1. The van der Waals surface area contributed by atoms with E-state index in [9.17, 15) is 9.59 Å². The Morgan fingerprint density at radius 2 is 1.84 bits per heavy atom. The molecule has 0 unspecified atom stereocenters. The highest BCUT2D eigenvalue weighted by Gasteiger charge is 2.32. The van der Waals surface area contributed by atoms with E-state index in [1.165, 1.54) is 6.42 Å². The fourth-order valence-corrected chi connectivity index (χ4v) is 3.05. The number of hydrogen-bond acceptors (Lipinski definition) is 4. The van der Waals surface area contributed by atoms with Crippen LogP contribution in [-0.2, 0) is 14.3 Å². The Hall–Kier alpha value is -1.75. The zero-order valence-electron chi connectivity index (χ0n) is 15.0. The minimum absolute atomic E-state index is 0.165. The molecule has 25 heavy (non-hydrogen) atoms. The third-order valence-corrected chi connectivity index (χ3v) is 4.72. The second-order valence-electron chi connectivity index (χ2n) is 7.08. The lowest BCUT2D eigenvalue weighted by atomic mass is 9.86. The van der Waals surface area contributed by atoms with Crippen LogP contribution in [0.4, 0.5) is 0 Å². The van der Waals surface area contributed by atoms with E-state index in [2.05, 4.69) is 12.2 Å². The summed E-state index contributed by atoms with van der Waals surface area (Å²) in [6, 6.07) is 6.87. The summed E-state index contributed by atoms with van der Waals surface area (Å²) in [5.41, 5.74) is -1.20. The lowest BCUT2D eigenvalue weighted by molar-refractivity contribution is -0.162. The maximum Gasteiger partial charge on any atom is 0.350 e. The zero-order valence-corrected chi connectivity index (χ0v) is 15.8. The van der Waals surface area contributed by atoms with Crippen molar-refractivity contribution in [1.82, 2.24) is 5.32 Å². The van der Waals surface area contributed by atoms with Crippen LogP contribution in [0.5, 0.6) is 5.75 Å². The molecule has 1 aliphatic carbocycles. The van der Waals surface area contributed by atoms with Gasteiger partial charge in [-0.05, 0) is 56.9 Å². The minimum Gasteiger partial charge on any atom is -0.476 e. The summed E-state index contributed by atoms with van der Waals surface area (Å²) in [5, 5.41) is 3.54. The van der Waals surface area contributed by atoms with E-state index >= 15 is 0 Å². The van der Waals surface area contributed by atoms with Gasteiger partial charge in [0, 0.05) is 11.1 Å². The number of carbonyl (C=O) groups is 2. The van der Waals surface area contributed by atoms with Crippen molar-refractivity contribution in [2.45, 2.75) is 58.1 Å². The van der Waals surface area contributed by atoms with Crippen LogP contribution in [-0.4, -0.2) is 30.1 Å². The van der Waals surface area contributed by atoms with Crippen LogP contribution >= 0.6 is 11.6 Å².